The van der Waals surface area contributed by atoms with Gasteiger partial charge in [-0.15, -0.1) is 0 Å². The number of benzene rings is 1. The van der Waals surface area contributed by atoms with Crippen molar-refractivity contribution in [2.24, 2.45) is 5.14 Å². The van der Waals surface area contributed by atoms with Crippen molar-refractivity contribution in [1.82, 2.24) is 20.1 Å². The molecule has 0 aliphatic carbocycles. The molecule has 0 radical (unpaired) electrons. The van der Waals surface area contributed by atoms with Gasteiger partial charge < -0.3 is 4.90 Å². The van der Waals surface area contributed by atoms with Crippen LogP contribution in [0.3, 0.4) is 0 Å². The van der Waals surface area contributed by atoms with Gasteiger partial charge in [0, 0.05) is 32.2 Å². The Morgan fingerprint density at radius 1 is 1.12 bits per heavy atom. The van der Waals surface area contributed by atoms with E-state index in [2.05, 4.69) is 10.9 Å². The van der Waals surface area contributed by atoms with Gasteiger partial charge in [-0.1, -0.05) is 12.1 Å². The van der Waals surface area contributed by atoms with Crippen LogP contribution in [-0.4, -0.2) is 55.8 Å². The molecule has 0 saturated carbocycles. The van der Waals surface area contributed by atoms with Crippen LogP contribution in [0.4, 0.5) is 4.39 Å². The van der Waals surface area contributed by atoms with Crippen LogP contribution in [0.25, 0.3) is 0 Å². The molecule has 0 bridgehead atoms. The van der Waals surface area contributed by atoms with Crippen LogP contribution >= 0.6 is 0 Å². The van der Waals surface area contributed by atoms with E-state index in [0.717, 1.165) is 5.56 Å². The van der Waals surface area contributed by atoms with E-state index in [1.807, 2.05) is 0 Å². The molecule has 2 atom stereocenters. The Balaban J connectivity index is 1.56. The molecular formula is C14H20FN5O3S. The minimum Gasteiger partial charge on any atom is -0.339 e. The zero-order valence-corrected chi connectivity index (χ0v) is 13.8. The average molecular weight is 357 g/mol. The average Bonchev–Trinajstić information content (AvgIpc) is 3.04. The molecule has 1 amide bonds. The van der Waals surface area contributed by atoms with Gasteiger partial charge in [-0.25, -0.2) is 20.4 Å². The van der Waals surface area contributed by atoms with Gasteiger partial charge in [0.1, 0.15) is 11.9 Å². The third-order valence-electron chi connectivity index (χ3n) is 4.38. The maximum atomic E-state index is 13.0. The Kier molecular flexibility index (Phi) is 4.83. The highest BCUT2D eigenvalue weighted by Gasteiger charge is 2.35. The summed E-state index contributed by atoms with van der Waals surface area (Å²) < 4.78 is 36.7. The zero-order valence-electron chi connectivity index (χ0n) is 13.0. The molecule has 2 unspecified atom stereocenters. The van der Waals surface area contributed by atoms with E-state index < -0.39 is 16.3 Å². The standard InChI is InChI=1S/C14H20FN5O3S/c15-11-3-1-10(2-4-11)12-9-13(18-17-12)14(21)19-5-7-20(8-6-19)24(16,22)23/h1-4,12-13,17-18H,5-9H2,(H2,16,22,23). The van der Waals surface area contributed by atoms with Crippen molar-refractivity contribution in [2.45, 2.75) is 18.5 Å². The first-order chi connectivity index (χ1) is 11.3. The summed E-state index contributed by atoms with van der Waals surface area (Å²) in [7, 11) is -3.71. The van der Waals surface area contributed by atoms with Crippen molar-refractivity contribution in [3.8, 4) is 0 Å². The van der Waals surface area contributed by atoms with Crippen LogP contribution < -0.4 is 16.0 Å². The van der Waals surface area contributed by atoms with E-state index >= 15 is 0 Å². The lowest BCUT2D eigenvalue weighted by molar-refractivity contribution is -0.134. The Morgan fingerprint density at radius 3 is 2.33 bits per heavy atom. The highest BCUT2D eigenvalue weighted by Crippen LogP contribution is 2.23. The Morgan fingerprint density at radius 2 is 1.75 bits per heavy atom. The zero-order chi connectivity index (χ0) is 17.3. The number of amides is 1. The number of carbonyl (C=O) groups excluding carboxylic acids is 1. The van der Waals surface area contributed by atoms with Crippen LogP contribution in [0.2, 0.25) is 0 Å². The summed E-state index contributed by atoms with van der Waals surface area (Å²) >= 11 is 0. The monoisotopic (exact) mass is 357 g/mol. The molecule has 4 N–H and O–H groups in total. The Labute approximate surface area is 139 Å². The number of carbonyl (C=O) groups is 1. The molecule has 24 heavy (non-hydrogen) atoms. The Hall–Kier alpha value is -1.59. The first-order valence-corrected chi connectivity index (χ1v) is 9.18. The molecular weight excluding hydrogens is 337 g/mol. The first kappa shape index (κ1) is 17.2. The van der Waals surface area contributed by atoms with Gasteiger partial charge >= 0.3 is 0 Å². The van der Waals surface area contributed by atoms with Crippen molar-refractivity contribution in [1.29, 1.82) is 0 Å². The van der Waals surface area contributed by atoms with Gasteiger partial charge in [0.05, 0.1) is 0 Å². The van der Waals surface area contributed by atoms with Gasteiger partial charge in [-0.05, 0) is 24.1 Å². The number of hydrogen-bond donors (Lipinski definition) is 3. The van der Waals surface area contributed by atoms with Crippen LogP contribution in [0.15, 0.2) is 24.3 Å². The predicted molar refractivity (Wildman–Crippen MR) is 85.1 cm³/mol. The summed E-state index contributed by atoms with van der Waals surface area (Å²) in [6.45, 7) is 1.03. The molecule has 0 aromatic heterocycles. The van der Waals surface area contributed by atoms with Gasteiger partial charge in [0.2, 0.25) is 5.91 Å². The smallest absolute Gasteiger partial charge is 0.277 e. The second-order valence-electron chi connectivity index (χ2n) is 5.95. The summed E-state index contributed by atoms with van der Waals surface area (Å²) in [6.07, 6.45) is 0.542. The molecule has 1 aromatic rings. The summed E-state index contributed by atoms with van der Waals surface area (Å²) in [5, 5.41) is 5.09. The van der Waals surface area contributed by atoms with E-state index in [-0.39, 0.29) is 30.9 Å². The number of piperazine rings is 1. The predicted octanol–water partition coefficient (Wildman–Crippen LogP) is -0.919. The maximum absolute atomic E-state index is 13.0. The summed E-state index contributed by atoms with van der Waals surface area (Å²) in [6, 6.07) is 5.67. The molecule has 2 fully saturated rings. The van der Waals surface area contributed by atoms with Crippen LogP contribution in [-0.2, 0) is 15.0 Å². The second-order valence-corrected chi connectivity index (χ2v) is 7.50. The van der Waals surface area contributed by atoms with Crippen molar-refractivity contribution in [3.05, 3.63) is 35.6 Å². The lowest BCUT2D eigenvalue weighted by atomic mass is 10.0. The molecule has 3 rings (SSSR count). The first-order valence-electron chi connectivity index (χ1n) is 7.68. The molecule has 2 saturated heterocycles. The SMILES string of the molecule is NS(=O)(=O)N1CCN(C(=O)C2CC(c3ccc(F)cc3)NN2)CC1. The number of nitrogens with two attached hydrogens (primary N) is 1. The number of halogens is 1. The summed E-state index contributed by atoms with van der Waals surface area (Å²) in [5.41, 5.74) is 6.92. The third kappa shape index (κ3) is 3.73. The molecule has 132 valence electrons. The normalized spacial score (nSPS) is 25.8. The second kappa shape index (κ2) is 6.73. The highest BCUT2D eigenvalue weighted by molar-refractivity contribution is 7.86. The van der Waals surface area contributed by atoms with Gasteiger partial charge in [-0.3, -0.25) is 4.79 Å². The van der Waals surface area contributed by atoms with Crippen molar-refractivity contribution >= 4 is 16.1 Å². The van der Waals surface area contributed by atoms with Gasteiger partial charge in [-0.2, -0.15) is 12.7 Å². The topological polar surface area (TPSA) is 108 Å². The number of nitrogens with one attached hydrogen (secondary N) is 2. The summed E-state index contributed by atoms with van der Waals surface area (Å²) in [5.74, 6) is -0.383. The highest BCUT2D eigenvalue weighted by atomic mass is 32.2. The van der Waals surface area contributed by atoms with E-state index in [0.29, 0.717) is 19.5 Å². The minimum absolute atomic E-state index is 0.0785. The van der Waals surface area contributed by atoms with E-state index in [9.17, 15) is 17.6 Å². The van der Waals surface area contributed by atoms with Crippen molar-refractivity contribution in [3.63, 3.8) is 0 Å². The fraction of sp³-hybridized carbons (Fsp3) is 0.500. The van der Waals surface area contributed by atoms with Gasteiger partial charge in [0.15, 0.2) is 0 Å². The minimum atomic E-state index is -3.71. The largest absolute Gasteiger partial charge is 0.339 e. The Bertz CT molecular complexity index is 704. The van der Waals surface area contributed by atoms with Crippen molar-refractivity contribution in [2.75, 3.05) is 26.2 Å². The van der Waals surface area contributed by atoms with Crippen LogP contribution in [0, 0.1) is 5.82 Å². The molecule has 0 spiro atoms. The third-order valence-corrected chi connectivity index (χ3v) is 5.47. The van der Waals surface area contributed by atoms with Crippen LogP contribution in [0.1, 0.15) is 18.0 Å². The fourth-order valence-electron chi connectivity index (χ4n) is 3.02. The maximum Gasteiger partial charge on any atom is 0.277 e. The molecule has 2 heterocycles. The lowest BCUT2D eigenvalue weighted by Crippen LogP contribution is -2.55. The van der Waals surface area contributed by atoms with Crippen molar-refractivity contribution < 1.29 is 17.6 Å². The van der Waals surface area contributed by atoms with E-state index in [1.165, 1.54) is 16.4 Å². The number of rotatable bonds is 3. The fourth-order valence-corrected chi connectivity index (χ4v) is 3.69. The lowest BCUT2D eigenvalue weighted by Gasteiger charge is -2.34. The number of hydrazine groups is 1. The molecule has 8 nitrogen and oxygen atoms in total. The number of nitrogens with zero attached hydrogens (tertiary/aromatic N) is 2. The van der Waals surface area contributed by atoms with Gasteiger partial charge in [0.25, 0.3) is 10.2 Å². The van der Waals surface area contributed by atoms with E-state index in [1.54, 1.807) is 17.0 Å². The summed E-state index contributed by atoms with van der Waals surface area (Å²) in [4.78, 5) is 14.2. The van der Waals surface area contributed by atoms with Crippen LogP contribution in [0.5, 0.6) is 0 Å². The quantitative estimate of drug-likeness (QED) is 0.649. The number of hydrogen-bond acceptors (Lipinski definition) is 5. The molecule has 2 aliphatic rings. The molecule has 10 heteroatoms. The molecule has 1 aromatic carbocycles. The molecule has 2 aliphatic heterocycles. The van der Waals surface area contributed by atoms with E-state index in [4.69, 9.17) is 5.14 Å².